The maximum Gasteiger partial charge on any atom is 0.488 e. The number of nitro groups is 1. The number of amides is 2. The fourth-order valence-electron chi connectivity index (χ4n) is 3.32. The van der Waals surface area contributed by atoms with Gasteiger partial charge in [0.05, 0.1) is 10.6 Å². The SMILES string of the molecule is O=C(NCCNC(=O)c1ccc(B(O)O)cc1)c1ccc(Nc2ccc([N+](=O)[O-])c3nonc23)cc1. The number of aromatic nitrogens is 2. The van der Waals surface area contributed by atoms with E-state index in [0.29, 0.717) is 22.5 Å². The monoisotopic (exact) mass is 490 g/mol. The van der Waals surface area contributed by atoms with Gasteiger partial charge in [0.1, 0.15) is 0 Å². The number of fused-ring (bicyclic) bond motifs is 1. The summed E-state index contributed by atoms with van der Waals surface area (Å²) in [6.07, 6.45) is 0. The van der Waals surface area contributed by atoms with Crippen molar-refractivity contribution in [2.45, 2.75) is 0 Å². The summed E-state index contributed by atoms with van der Waals surface area (Å²) < 4.78 is 4.64. The van der Waals surface area contributed by atoms with Crippen molar-refractivity contribution in [2.24, 2.45) is 0 Å². The molecular weight excluding hydrogens is 471 g/mol. The zero-order chi connectivity index (χ0) is 25.7. The lowest BCUT2D eigenvalue weighted by Gasteiger charge is -2.09. The lowest BCUT2D eigenvalue weighted by molar-refractivity contribution is -0.383. The van der Waals surface area contributed by atoms with E-state index in [9.17, 15) is 19.7 Å². The van der Waals surface area contributed by atoms with Crippen molar-refractivity contribution in [3.8, 4) is 0 Å². The van der Waals surface area contributed by atoms with Crippen molar-refractivity contribution in [1.82, 2.24) is 20.9 Å². The highest BCUT2D eigenvalue weighted by atomic mass is 16.6. The van der Waals surface area contributed by atoms with E-state index in [2.05, 4.69) is 30.9 Å². The molecule has 0 bridgehead atoms. The number of non-ortho nitro benzene ring substituents is 1. The van der Waals surface area contributed by atoms with Crippen molar-refractivity contribution < 1.29 is 29.2 Å². The van der Waals surface area contributed by atoms with Crippen LogP contribution in [0.3, 0.4) is 0 Å². The number of carbonyl (C=O) groups is 2. The van der Waals surface area contributed by atoms with Gasteiger partial charge in [0.25, 0.3) is 11.8 Å². The molecule has 5 N–H and O–H groups in total. The van der Waals surface area contributed by atoms with Crippen LogP contribution in [0, 0.1) is 10.1 Å². The molecule has 1 heterocycles. The van der Waals surface area contributed by atoms with E-state index in [4.69, 9.17) is 10.0 Å². The molecule has 182 valence electrons. The van der Waals surface area contributed by atoms with Crippen LogP contribution in [0.1, 0.15) is 20.7 Å². The van der Waals surface area contributed by atoms with Crippen molar-refractivity contribution in [1.29, 1.82) is 0 Å². The molecule has 2 amide bonds. The van der Waals surface area contributed by atoms with E-state index in [0.717, 1.165) is 0 Å². The average Bonchev–Trinajstić information content (AvgIpc) is 3.37. The number of carbonyl (C=O) groups excluding carboxylic acids is 2. The Labute approximate surface area is 203 Å². The minimum absolute atomic E-state index is 0.0223. The second-order valence-corrected chi connectivity index (χ2v) is 7.56. The van der Waals surface area contributed by atoms with Gasteiger partial charge in [-0.05, 0) is 58.2 Å². The number of hydrogen-bond donors (Lipinski definition) is 5. The first-order valence-corrected chi connectivity index (χ1v) is 10.6. The van der Waals surface area contributed by atoms with Crippen LogP contribution < -0.4 is 21.4 Å². The van der Waals surface area contributed by atoms with Crippen LogP contribution in [-0.2, 0) is 0 Å². The van der Waals surface area contributed by atoms with Gasteiger partial charge in [0, 0.05) is 36.0 Å². The standard InChI is InChI=1S/C22H19BN6O7/c30-21(13-1-5-15(6-2-13)23(32)33)24-11-12-25-22(31)14-3-7-16(8-4-14)26-17-9-10-18(29(34)35)20-19(17)27-36-28-20/h1-10,26,32-33H,11-12H2,(H,24,30)(H,25,31). The van der Waals surface area contributed by atoms with Crippen molar-refractivity contribution in [2.75, 3.05) is 18.4 Å². The summed E-state index contributed by atoms with van der Waals surface area (Å²) in [7, 11) is -1.61. The van der Waals surface area contributed by atoms with Crippen LogP contribution in [-0.4, -0.2) is 57.3 Å². The quantitative estimate of drug-likeness (QED) is 0.0966. The third kappa shape index (κ3) is 5.46. The van der Waals surface area contributed by atoms with E-state index in [1.165, 1.54) is 36.4 Å². The maximum atomic E-state index is 12.4. The summed E-state index contributed by atoms with van der Waals surface area (Å²) in [5.41, 5.74) is 2.07. The zero-order valence-electron chi connectivity index (χ0n) is 18.5. The summed E-state index contributed by atoms with van der Waals surface area (Å²) in [6, 6.07) is 15.1. The molecule has 0 aliphatic rings. The second-order valence-electron chi connectivity index (χ2n) is 7.56. The summed E-state index contributed by atoms with van der Waals surface area (Å²) in [5, 5.41) is 45.0. The Bertz CT molecular complexity index is 1410. The van der Waals surface area contributed by atoms with Crippen LogP contribution in [0.4, 0.5) is 17.1 Å². The van der Waals surface area contributed by atoms with Crippen LogP contribution in [0.25, 0.3) is 11.0 Å². The molecule has 3 aromatic carbocycles. The molecule has 0 radical (unpaired) electrons. The molecule has 0 aliphatic carbocycles. The molecule has 0 fully saturated rings. The van der Waals surface area contributed by atoms with Gasteiger partial charge in [0.15, 0.2) is 5.52 Å². The number of anilines is 2. The minimum Gasteiger partial charge on any atom is -0.423 e. The number of nitrogens with zero attached hydrogens (tertiary/aromatic N) is 3. The first-order chi connectivity index (χ1) is 17.3. The van der Waals surface area contributed by atoms with Crippen LogP contribution in [0.2, 0.25) is 0 Å². The summed E-state index contributed by atoms with van der Waals surface area (Å²) in [5.74, 6) is -0.697. The van der Waals surface area contributed by atoms with Gasteiger partial charge in [0.2, 0.25) is 5.52 Å². The number of rotatable bonds is 9. The fraction of sp³-hybridized carbons (Fsp3) is 0.0909. The molecule has 1 aromatic heterocycles. The number of hydrogen-bond acceptors (Lipinski definition) is 10. The molecule has 0 unspecified atom stereocenters. The smallest absolute Gasteiger partial charge is 0.423 e. The third-order valence-corrected chi connectivity index (χ3v) is 5.18. The predicted molar refractivity (Wildman–Crippen MR) is 129 cm³/mol. The molecule has 0 spiro atoms. The summed E-state index contributed by atoms with van der Waals surface area (Å²) in [4.78, 5) is 35.1. The van der Waals surface area contributed by atoms with Crippen LogP contribution in [0.15, 0.2) is 65.3 Å². The molecule has 4 rings (SSSR count). The largest absolute Gasteiger partial charge is 0.488 e. The van der Waals surface area contributed by atoms with Gasteiger partial charge in [-0.25, -0.2) is 4.63 Å². The average molecular weight is 490 g/mol. The highest BCUT2D eigenvalue weighted by Crippen LogP contribution is 2.30. The molecular formula is C22H19BN6O7. The van der Waals surface area contributed by atoms with Gasteiger partial charge in [-0.3, -0.25) is 19.7 Å². The Morgan fingerprint density at radius 1 is 0.861 bits per heavy atom. The van der Waals surface area contributed by atoms with E-state index < -0.39 is 12.0 Å². The van der Waals surface area contributed by atoms with E-state index in [1.807, 2.05) is 0 Å². The van der Waals surface area contributed by atoms with Crippen molar-refractivity contribution in [3.63, 3.8) is 0 Å². The van der Waals surface area contributed by atoms with Gasteiger partial charge >= 0.3 is 12.8 Å². The van der Waals surface area contributed by atoms with Gasteiger partial charge in [-0.1, -0.05) is 12.1 Å². The van der Waals surface area contributed by atoms with Crippen LogP contribution >= 0.6 is 0 Å². The fourth-order valence-corrected chi connectivity index (χ4v) is 3.32. The Morgan fingerprint density at radius 2 is 1.42 bits per heavy atom. The molecule has 0 aliphatic heterocycles. The lowest BCUT2D eigenvalue weighted by atomic mass is 9.80. The number of benzene rings is 3. The first-order valence-electron chi connectivity index (χ1n) is 10.6. The Balaban J connectivity index is 1.28. The summed E-state index contributed by atoms with van der Waals surface area (Å²) >= 11 is 0. The molecule has 0 atom stereocenters. The van der Waals surface area contributed by atoms with E-state index in [1.54, 1.807) is 24.3 Å². The predicted octanol–water partition coefficient (Wildman–Crippen LogP) is 0.714. The number of nitrogens with one attached hydrogen (secondary N) is 3. The maximum absolute atomic E-state index is 12.4. The molecule has 14 heteroatoms. The third-order valence-electron chi connectivity index (χ3n) is 5.18. The minimum atomic E-state index is -1.61. The van der Waals surface area contributed by atoms with Gasteiger partial charge < -0.3 is 26.0 Å². The number of nitro benzene ring substituents is 1. The Hall–Kier alpha value is -4.82. The first kappa shape index (κ1) is 24.3. The highest BCUT2D eigenvalue weighted by molar-refractivity contribution is 6.58. The molecule has 0 saturated carbocycles. The van der Waals surface area contributed by atoms with Crippen LogP contribution in [0.5, 0.6) is 0 Å². The molecule has 4 aromatic rings. The van der Waals surface area contributed by atoms with Gasteiger partial charge in [-0.15, -0.1) is 0 Å². The topological polar surface area (TPSA) is 193 Å². The Morgan fingerprint density at radius 3 is 1.97 bits per heavy atom. The highest BCUT2D eigenvalue weighted by Gasteiger charge is 2.19. The molecule has 13 nitrogen and oxygen atoms in total. The van der Waals surface area contributed by atoms with E-state index in [-0.39, 0.29) is 47.1 Å². The normalized spacial score (nSPS) is 10.6. The van der Waals surface area contributed by atoms with E-state index >= 15 is 0 Å². The lowest BCUT2D eigenvalue weighted by Crippen LogP contribution is -2.35. The zero-order valence-corrected chi connectivity index (χ0v) is 18.5. The van der Waals surface area contributed by atoms with Crippen molar-refractivity contribution >= 4 is 52.5 Å². The molecule has 0 saturated heterocycles. The van der Waals surface area contributed by atoms with Crippen molar-refractivity contribution in [3.05, 3.63) is 81.9 Å². The molecule has 36 heavy (non-hydrogen) atoms. The Kier molecular flexibility index (Phi) is 7.18. The second kappa shape index (κ2) is 10.6. The van der Waals surface area contributed by atoms with Gasteiger partial charge in [-0.2, -0.15) is 0 Å². The summed E-state index contributed by atoms with van der Waals surface area (Å²) in [6.45, 7) is 0.383.